The van der Waals surface area contributed by atoms with E-state index in [1.807, 2.05) is 30.7 Å². The first-order chi connectivity index (χ1) is 7.79. The molecule has 0 saturated heterocycles. The minimum atomic E-state index is 0.860. The van der Waals surface area contributed by atoms with Gasteiger partial charge in [-0.15, -0.1) is 0 Å². The molecule has 0 spiro atoms. The third-order valence-electron chi connectivity index (χ3n) is 2.35. The number of aromatic nitrogens is 2. The maximum Gasteiger partial charge on any atom is 0.0807 e. The van der Waals surface area contributed by atoms with Gasteiger partial charge in [-0.3, -0.25) is 4.68 Å². The van der Waals surface area contributed by atoms with E-state index in [1.54, 1.807) is 0 Å². The monoisotopic (exact) mass is 219 g/mol. The summed E-state index contributed by atoms with van der Waals surface area (Å²) in [6.07, 6.45) is 5.95. The van der Waals surface area contributed by atoms with Crippen LogP contribution in [0.15, 0.2) is 30.5 Å². The van der Waals surface area contributed by atoms with Crippen LogP contribution in [0.3, 0.4) is 0 Å². The second-order valence-electron chi connectivity index (χ2n) is 3.65. The van der Waals surface area contributed by atoms with Crippen LogP contribution in [0.4, 0.5) is 0 Å². The van der Waals surface area contributed by atoms with Crippen LogP contribution in [-0.2, 0) is 19.6 Å². The van der Waals surface area contributed by atoms with Crippen LogP contribution in [0, 0.1) is 0 Å². The van der Waals surface area contributed by atoms with E-state index in [2.05, 4.69) is 30.1 Å². The minimum Gasteiger partial charge on any atom is -0.307 e. The summed E-state index contributed by atoms with van der Waals surface area (Å²) in [5.41, 5.74) is 3.79. The van der Waals surface area contributed by atoms with Crippen molar-refractivity contribution in [3.05, 3.63) is 41.8 Å². The highest BCUT2D eigenvalue weighted by atomic mass is 15.3. The first kappa shape index (κ1) is 12.7. The Morgan fingerprint density at radius 2 is 2.31 bits per heavy atom. The lowest BCUT2D eigenvalue weighted by atomic mass is 10.3. The standard InChI is InChI=1S/C11H15N3.C2H6/c1-3-4-9(2)7-14-8-10-5-12-6-11(10)13-14;1-2/h3-4,8,12H,1,5-7H2,2H3;1-2H3/b9-4+;. The number of hydrogen-bond acceptors (Lipinski definition) is 2. The molecule has 0 radical (unpaired) electrons. The molecule has 0 saturated carbocycles. The number of nitrogens with one attached hydrogen (secondary N) is 1. The van der Waals surface area contributed by atoms with Crippen LogP contribution in [-0.4, -0.2) is 9.78 Å². The van der Waals surface area contributed by atoms with Gasteiger partial charge < -0.3 is 5.32 Å². The zero-order valence-corrected chi connectivity index (χ0v) is 10.5. The molecule has 0 amide bonds. The number of nitrogens with zero attached hydrogens (tertiary/aromatic N) is 2. The molecule has 88 valence electrons. The molecule has 0 aliphatic carbocycles. The highest BCUT2D eigenvalue weighted by Crippen LogP contribution is 2.13. The first-order valence-electron chi connectivity index (χ1n) is 5.83. The molecule has 1 aromatic heterocycles. The van der Waals surface area contributed by atoms with E-state index < -0.39 is 0 Å². The van der Waals surface area contributed by atoms with E-state index in [0.717, 1.165) is 19.6 Å². The molecule has 0 aromatic carbocycles. The average Bonchev–Trinajstić information content (AvgIpc) is 2.81. The largest absolute Gasteiger partial charge is 0.307 e. The Morgan fingerprint density at radius 3 is 2.94 bits per heavy atom. The van der Waals surface area contributed by atoms with Gasteiger partial charge in [0.2, 0.25) is 0 Å². The second-order valence-corrected chi connectivity index (χ2v) is 3.65. The van der Waals surface area contributed by atoms with E-state index in [-0.39, 0.29) is 0 Å². The van der Waals surface area contributed by atoms with Gasteiger partial charge in [-0.25, -0.2) is 0 Å². The van der Waals surface area contributed by atoms with Crippen molar-refractivity contribution in [1.29, 1.82) is 0 Å². The van der Waals surface area contributed by atoms with Gasteiger partial charge in [0.25, 0.3) is 0 Å². The van der Waals surface area contributed by atoms with Gasteiger partial charge in [-0.1, -0.05) is 38.2 Å². The summed E-state index contributed by atoms with van der Waals surface area (Å²) >= 11 is 0. The van der Waals surface area contributed by atoms with Crippen molar-refractivity contribution >= 4 is 0 Å². The van der Waals surface area contributed by atoms with Crippen molar-refractivity contribution in [2.45, 2.75) is 40.4 Å². The van der Waals surface area contributed by atoms with Crippen LogP contribution in [0.2, 0.25) is 0 Å². The van der Waals surface area contributed by atoms with E-state index >= 15 is 0 Å². The molecular formula is C13H21N3. The molecule has 2 heterocycles. The van der Waals surface area contributed by atoms with Crippen LogP contribution in [0.5, 0.6) is 0 Å². The maximum absolute atomic E-state index is 4.49. The van der Waals surface area contributed by atoms with E-state index in [4.69, 9.17) is 0 Å². The molecule has 1 N–H and O–H groups in total. The van der Waals surface area contributed by atoms with Crippen molar-refractivity contribution in [2.24, 2.45) is 0 Å². The van der Waals surface area contributed by atoms with Crippen molar-refractivity contribution < 1.29 is 0 Å². The van der Waals surface area contributed by atoms with Crippen LogP contribution < -0.4 is 5.32 Å². The van der Waals surface area contributed by atoms with E-state index in [1.165, 1.54) is 16.8 Å². The Hall–Kier alpha value is -1.35. The molecule has 0 bridgehead atoms. The SMILES string of the molecule is C=C/C=C(\C)Cn1cc2c(n1)CNC2.CC. The summed E-state index contributed by atoms with van der Waals surface area (Å²) in [5.74, 6) is 0. The van der Waals surface area contributed by atoms with Crippen LogP contribution >= 0.6 is 0 Å². The van der Waals surface area contributed by atoms with Gasteiger partial charge in [0.15, 0.2) is 0 Å². The molecule has 1 aliphatic heterocycles. The van der Waals surface area contributed by atoms with Gasteiger partial charge in [0, 0.05) is 24.8 Å². The number of fused-ring (bicyclic) bond motifs is 1. The summed E-state index contributed by atoms with van der Waals surface area (Å²) in [7, 11) is 0. The lowest BCUT2D eigenvalue weighted by Crippen LogP contribution is -2.06. The Kier molecular flexibility index (Phi) is 4.99. The highest BCUT2D eigenvalue weighted by Gasteiger charge is 2.13. The fourth-order valence-electron chi connectivity index (χ4n) is 1.71. The third kappa shape index (κ3) is 3.07. The second kappa shape index (κ2) is 6.28. The summed E-state index contributed by atoms with van der Waals surface area (Å²) in [5, 5.41) is 7.76. The molecule has 3 nitrogen and oxygen atoms in total. The molecule has 0 fully saturated rings. The molecule has 0 unspecified atom stereocenters. The Morgan fingerprint density at radius 1 is 1.56 bits per heavy atom. The lowest BCUT2D eigenvalue weighted by molar-refractivity contribution is 0.639. The van der Waals surface area contributed by atoms with Crippen molar-refractivity contribution in [3.63, 3.8) is 0 Å². The van der Waals surface area contributed by atoms with Crippen molar-refractivity contribution in [1.82, 2.24) is 15.1 Å². The molecule has 1 aliphatic rings. The third-order valence-corrected chi connectivity index (χ3v) is 2.35. The minimum absolute atomic E-state index is 0.860. The fourth-order valence-corrected chi connectivity index (χ4v) is 1.71. The lowest BCUT2D eigenvalue weighted by Gasteiger charge is -2.01. The molecule has 16 heavy (non-hydrogen) atoms. The summed E-state index contributed by atoms with van der Waals surface area (Å²) < 4.78 is 2.00. The van der Waals surface area contributed by atoms with Crippen molar-refractivity contribution in [3.8, 4) is 0 Å². The molecule has 2 rings (SSSR count). The topological polar surface area (TPSA) is 29.9 Å². The zero-order valence-electron chi connectivity index (χ0n) is 10.5. The highest BCUT2D eigenvalue weighted by molar-refractivity contribution is 5.21. The number of rotatable bonds is 3. The Labute approximate surface area is 97.9 Å². The van der Waals surface area contributed by atoms with Gasteiger partial charge in [0.05, 0.1) is 12.2 Å². The Bertz CT molecular complexity index is 353. The van der Waals surface area contributed by atoms with Gasteiger partial charge >= 0.3 is 0 Å². The number of hydrogen-bond donors (Lipinski definition) is 1. The maximum atomic E-state index is 4.49. The summed E-state index contributed by atoms with van der Waals surface area (Å²) in [6, 6.07) is 0. The first-order valence-corrected chi connectivity index (χ1v) is 5.83. The summed E-state index contributed by atoms with van der Waals surface area (Å²) in [4.78, 5) is 0. The van der Waals surface area contributed by atoms with Crippen LogP contribution in [0.25, 0.3) is 0 Å². The zero-order chi connectivity index (χ0) is 12.0. The predicted molar refractivity (Wildman–Crippen MR) is 68.1 cm³/mol. The predicted octanol–water partition coefficient (Wildman–Crippen LogP) is 2.64. The van der Waals surface area contributed by atoms with E-state index in [0.29, 0.717) is 0 Å². The van der Waals surface area contributed by atoms with Crippen LogP contribution in [0.1, 0.15) is 32.0 Å². The Balaban J connectivity index is 0.000000606. The number of allylic oxidation sites excluding steroid dienone is 3. The average molecular weight is 219 g/mol. The molecule has 0 atom stereocenters. The molecule has 3 heteroatoms. The normalized spacial score (nSPS) is 14.1. The van der Waals surface area contributed by atoms with Gasteiger partial charge in [0.1, 0.15) is 0 Å². The van der Waals surface area contributed by atoms with Gasteiger partial charge in [-0.2, -0.15) is 5.10 Å². The van der Waals surface area contributed by atoms with Crippen molar-refractivity contribution in [2.75, 3.05) is 0 Å². The molecular weight excluding hydrogens is 198 g/mol. The van der Waals surface area contributed by atoms with E-state index in [9.17, 15) is 0 Å². The fraction of sp³-hybridized carbons (Fsp3) is 0.462. The summed E-state index contributed by atoms with van der Waals surface area (Å²) in [6.45, 7) is 12.5. The van der Waals surface area contributed by atoms with Gasteiger partial charge in [-0.05, 0) is 6.92 Å². The molecule has 1 aromatic rings. The quantitative estimate of drug-likeness (QED) is 0.792. The smallest absolute Gasteiger partial charge is 0.0807 e.